The summed E-state index contributed by atoms with van der Waals surface area (Å²) < 4.78 is 13.7. The van der Waals surface area contributed by atoms with Gasteiger partial charge in [-0.25, -0.2) is 9.18 Å². The summed E-state index contributed by atoms with van der Waals surface area (Å²) in [6.45, 7) is 4.66. The number of carboxylic acids is 1. The quantitative estimate of drug-likeness (QED) is 0.774. The molecule has 0 fully saturated rings. The van der Waals surface area contributed by atoms with Crippen molar-refractivity contribution in [3.8, 4) is 0 Å². The van der Waals surface area contributed by atoms with E-state index in [0.717, 1.165) is 23.3 Å². The van der Waals surface area contributed by atoms with E-state index in [1.165, 1.54) is 29.5 Å². The van der Waals surface area contributed by atoms with Crippen LogP contribution in [0.2, 0.25) is 0 Å². The normalized spacial score (nSPS) is 15.4. The second kappa shape index (κ2) is 7.64. The minimum absolute atomic E-state index is 0.0371. The van der Waals surface area contributed by atoms with Crippen LogP contribution >= 0.6 is 11.3 Å². The summed E-state index contributed by atoms with van der Waals surface area (Å²) in [4.78, 5) is 27.7. The lowest BCUT2D eigenvalue weighted by atomic mass is 9.76. The van der Waals surface area contributed by atoms with E-state index in [0.29, 0.717) is 29.1 Å². The molecule has 1 amide bonds. The number of nitrogens with one attached hydrogen (secondary N) is 1. The summed E-state index contributed by atoms with van der Waals surface area (Å²) >= 11 is 1.34. The van der Waals surface area contributed by atoms with Crippen LogP contribution in [0.1, 0.15) is 57.0 Å². The zero-order valence-electron chi connectivity index (χ0n) is 16.6. The molecule has 3 rings (SSSR count). The first kappa shape index (κ1) is 20.5. The van der Waals surface area contributed by atoms with E-state index in [-0.39, 0.29) is 11.0 Å². The minimum Gasteiger partial charge on any atom is -0.478 e. The van der Waals surface area contributed by atoms with Crippen LogP contribution in [0.15, 0.2) is 18.2 Å². The Morgan fingerprint density at radius 1 is 1.32 bits per heavy atom. The monoisotopic (exact) mass is 404 g/mol. The third kappa shape index (κ3) is 4.25. The molecular formula is C21H25FN2O3S. The number of anilines is 1. The van der Waals surface area contributed by atoms with Crippen molar-refractivity contribution in [2.45, 2.75) is 39.7 Å². The van der Waals surface area contributed by atoms with Crippen LogP contribution in [0, 0.1) is 11.2 Å². The van der Waals surface area contributed by atoms with Gasteiger partial charge in [-0.3, -0.25) is 4.79 Å². The first-order valence-corrected chi connectivity index (χ1v) is 10.0. The largest absolute Gasteiger partial charge is 0.478 e. The zero-order valence-corrected chi connectivity index (χ0v) is 17.4. The van der Waals surface area contributed by atoms with E-state index in [9.17, 15) is 19.1 Å². The summed E-state index contributed by atoms with van der Waals surface area (Å²) in [6, 6.07) is 4.03. The molecule has 5 nitrogen and oxygen atoms in total. The van der Waals surface area contributed by atoms with Gasteiger partial charge in [-0.15, -0.1) is 11.3 Å². The van der Waals surface area contributed by atoms with Gasteiger partial charge in [0.15, 0.2) is 0 Å². The number of fused-ring (bicyclic) bond motifs is 1. The van der Waals surface area contributed by atoms with Gasteiger partial charge in [0.1, 0.15) is 10.8 Å². The molecule has 0 spiro atoms. The molecule has 28 heavy (non-hydrogen) atoms. The van der Waals surface area contributed by atoms with Gasteiger partial charge in [-0.2, -0.15) is 0 Å². The fourth-order valence-electron chi connectivity index (χ4n) is 3.66. The van der Waals surface area contributed by atoms with Crippen molar-refractivity contribution < 1.29 is 19.1 Å². The summed E-state index contributed by atoms with van der Waals surface area (Å²) in [5.74, 6) is -1.86. The number of carboxylic acid groups (broad SMARTS) is 1. The molecule has 0 atom stereocenters. The first-order valence-electron chi connectivity index (χ1n) is 9.20. The third-order valence-electron chi connectivity index (χ3n) is 5.01. The number of hydrogen-bond donors (Lipinski definition) is 2. The first-order chi connectivity index (χ1) is 13.1. The number of carbonyl (C=O) groups excluding carboxylic acids is 1. The number of aromatic carboxylic acids is 1. The number of thiophene rings is 1. The Kier molecular flexibility index (Phi) is 5.59. The molecule has 0 aliphatic heterocycles. The van der Waals surface area contributed by atoms with Gasteiger partial charge < -0.3 is 15.3 Å². The summed E-state index contributed by atoms with van der Waals surface area (Å²) in [5.41, 5.74) is 1.96. The van der Waals surface area contributed by atoms with E-state index in [2.05, 4.69) is 19.2 Å². The number of carbonyl (C=O) groups is 2. The van der Waals surface area contributed by atoms with Crippen molar-refractivity contribution in [2.24, 2.45) is 5.41 Å². The molecule has 2 N–H and O–H groups in total. The molecular weight excluding hydrogens is 379 g/mol. The molecule has 0 saturated carbocycles. The van der Waals surface area contributed by atoms with Crippen molar-refractivity contribution in [1.29, 1.82) is 0 Å². The highest BCUT2D eigenvalue weighted by Crippen LogP contribution is 2.43. The molecule has 1 aromatic heterocycles. The lowest BCUT2D eigenvalue weighted by Crippen LogP contribution is -2.23. The highest BCUT2D eigenvalue weighted by atomic mass is 32.1. The maximum absolute atomic E-state index is 13.7. The summed E-state index contributed by atoms with van der Waals surface area (Å²) in [5, 5.41) is 12.9. The van der Waals surface area contributed by atoms with Gasteiger partial charge in [0.25, 0.3) is 5.91 Å². The highest BCUT2D eigenvalue weighted by molar-refractivity contribution is 7.17. The number of hydrogen-bond acceptors (Lipinski definition) is 4. The average Bonchev–Trinajstić information content (AvgIpc) is 2.90. The van der Waals surface area contributed by atoms with Gasteiger partial charge in [0.05, 0.1) is 5.56 Å². The molecule has 0 bridgehead atoms. The molecule has 1 aliphatic rings. The number of benzene rings is 1. The Labute approximate surface area is 168 Å². The van der Waals surface area contributed by atoms with Crippen LogP contribution in [0.5, 0.6) is 0 Å². The number of nitrogens with zero attached hydrogens (tertiary/aromatic N) is 1. The highest BCUT2D eigenvalue weighted by Gasteiger charge is 2.33. The zero-order chi connectivity index (χ0) is 20.6. The molecule has 0 radical (unpaired) electrons. The molecule has 7 heteroatoms. The van der Waals surface area contributed by atoms with Crippen LogP contribution in [-0.2, 0) is 19.4 Å². The van der Waals surface area contributed by atoms with Gasteiger partial charge in [0, 0.05) is 17.0 Å². The lowest BCUT2D eigenvalue weighted by Gasteiger charge is -2.29. The van der Waals surface area contributed by atoms with Crippen molar-refractivity contribution >= 4 is 28.2 Å². The predicted octanol–water partition coefficient (Wildman–Crippen LogP) is 4.41. The van der Waals surface area contributed by atoms with E-state index >= 15 is 0 Å². The maximum Gasteiger partial charge on any atom is 0.339 e. The Morgan fingerprint density at radius 2 is 2.04 bits per heavy atom. The van der Waals surface area contributed by atoms with Crippen molar-refractivity contribution in [3.63, 3.8) is 0 Å². The topological polar surface area (TPSA) is 69.6 Å². The lowest BCUT2D eigenvalue weighted by molar-refractivity contribution is 0.0696. The number of halogens is 1. The van der Waals surface area contributed by atoms with Crippen LogP contribution < -0.4 is 5.32 Å². The van der Waals surface area contributed by atoms with E-state index in [4.69, 9.17) is 0 Å². The van der Waals surface area contributed by atoms with Crippen molar-refractivity contribution in [1.82, 2.24) is 4.90 Å². The second-order valence-electron chi connectivity index (χ2n) is 8.35. The van der Waals surface area contributed by atoms with Crippen molar-refractivity contribution in [3.05, 3.63) is 51.1 Å². The number of aryl methyl sites for hydroxylation is 1. The van der Waals surface area contributed by atoms with Gasteiger partial charge >= 0.3 is 5.97 Å². The Balaban J connectivity index is 1.96. The van der Waals surface area contributed by atoms with Crippen molar-refractivity contribution in [2.75, 3.05) is 19.4 Å². The number of rotatable bonds is 5. The molecule has 0 unspecified atom stereocenters. The van der Waals surface area contributed by atoms with E-state index < -0.39 is 17.7 Å². The molecule has 1 aromatic carbocycles. The molecule has 1 heterocycles. The average molecular weight is 405 g/mol. The molecule has 0 saturated heterocycles. The molecule has 1 aliphatic carbocycles. The standard InChI is InChI=1S/C21H25FN2O3S/c1-21(2)8-7-16-15(10-21)17(20(26)27)19(28-16)23-18(25)14-6-5-13(22)9-12(14)11-24(3)4/h5-6,9H,7-8,10-11H2,1-4H3,(H,23,25)(H,26,27). The predicted molar refractivity (Wildman–Crippen MR) is 109 cm³/mol. The van der Waals surface area contributed by atoms with Crippen LogP contribution in [0.3, 0.4) is 0 Å². The van der Waals surface area contributed by atoms with Crippen LogP contribution in [-0.4, -0.2) is 36.0 Å². The third-order valence-corrected chi connectivity index (χ3v) is 6.22. The van der Waals surface area contributed by atoms with Gasteiger partial charge in [0.2, 0.25) is 0 Å². The minimum atomic E-state index is -1.03. The Bertz CT molecular complexity index is 934. The van der Waals surface area contributed by atoms with E-state index in [1.54, 1.807) is 0 Å². The summed E-state index contributed by atoms with van der Waals surface area (Å²) in [7, 11) is 3.67. The fourth-order valence-corrected chi connectivity index (χ4v) is 4.86. The Hall–Kier alpha value is -2.25. The van der Waals surface area contributed by atoms with Crippen LogP contribution in [0.25, 0.3) is 0 Å². The molecule has 2 aromatic rings. The maximum atomic E-state index is 13.7. The summed E-state index contributed by atoms with van der Waals surface area (Å²) in [6.07, 6.45) is 2.47. The number of amides is 1. The molecule has 150 valence electrons. The smallest absolute Gasteiger partial charge is 0.339 e. The van der Waals surface area contributed by atoms with Gasteiger partial charge in [-0.05, 0) is 68.1 Å². The van der Waals surface area contributed by atoms with Gasteiger partial charge in [-0.1, -0.05) is 13.8 Å². The van der Waals surface area contributed by atoms with Crippen LogP contribution in [0.4, 0.5) is 9.39 Å². The fraction of sp³-hybridized carbons (Fsp3) is 0.429. The second-order valence-corrected chi connectivity index (χ2v) is 9.45. The van der Waals surface area contributed by atoms with E-state index in [1.807, 2.05) is 19.0 Å². The SMILES string of the molecule is CN(C)Cc1cc(F)ccc1C(=O)Nc1sc2c(c1C(=O)O)CC(C)(C)CC2. The Morgan fingerprint density at radius 3 is 2.68 bits per heavy atom.